The van der Waals surface area contributed by atoms with E-state index in [0.717, 1.165) is 30.6 Å². The number of anilines is 2. The standard InChI is InChI=1S/C23H27N3O4/c1-15-10-12-16(13-11-15)24-21(27)23(29)19-8-3-4-9-20(19)25-22(28)26(23)17-6-5-7-18(14-17)30-2/h3-9,14-16,29H,10-13H2,1-2H3,(H,24,27)(H,25,28)/t15?,16?,23-/m0/s1. The van der Waals surface area contributed by atoms with Crippen molar-refractivity contribution in [2.24, 2.45) is 5.92 Å². The summed E-state index contributed by atoms with van der Waals surface area (Å²) >= 11 is 0. The first-order chi connectivity index (χ1) is 14.4. The van der Waals surface area contributed by atoms with Crippen LogP contribution in [-0.2, 0) is 10.5 Å². The van der Waals surface area contributed by atoms with Crippen molar-refractivity contribution >= 4 is 23.3 Å². The molecule has 0 radical (unpaired) electrons. The number of amides is 3. The van der Waals surface area contributed by atoms with Gasteiger partial charge in [-0.2, -0.15) is 0 Å². The Hall–Kier alpha value is -3.06. The van der Waals surface area contributed by atoms with Gasteiger partial charge in [-0.3, -0.25) is 9.69 Å². The van der Waals surface area contributed by atoms with Crippen LogP contribution in [0.15, 0.2) is 48.5 Å². The largest absolute Gasteiger partial charge is 0.497 e. The molecule has 1 heterocycles. The van der Waals surface area contributed by atoms with E-state index in [1.54, 1.807) is 48.5 Å². The number of rotatable bonds is 4. The molecule has 1 fully saturated rings. The van der Waals surface area contributed by atoms with E-state index in [-0.39, 0.29) is 6.04 Å². The van der Waals surface area contributed by atoms with Crippen LogP contribution in [0.3, 0.4) is 0 Å². The van der Waals surface area contributed by atoms with Crippen LogP contribution >= 0.6 is 0 Å². The van der Waals surface area contributed by atoms with Crippen LogP contribution in [-0.4, -0.2) is 30.2 Å². The van der Waals surface area contributed by atoms with Crippen LogP contribution in [0.4, 0.5) is 16.2 Å². The average molecular weight is 409 g/mol. The number of carbonyl (C=O) groups is 2. The van der Waals surface area contributed by atoms with Crippen LogP contribution in [0.5, 0.6) is 5.75 Å². The van der Waals surface area contributed by atoms with Crippen molar-refractivity contribution in [3.05, 3.63) is 54.1 Å². The fraction of sp³-hybridized carbons (Fsp3) is 0.391. The van der Waals surface area contributed by atoms with Gasteiger partial charge in [-0.05, 0) is 49.8 Å². The zero-order valence-corrected chi connectivity index (χ0v) is 17.2. The number of urea groups is 1. The van der Waals surface area contributed by atoms with Gasteiger partial charge in [0.25, 0.3) is 11.6 Å². The molecule has 3 N–H and O–H groups in total. The van der Waals surface area contributed by atoms with Crippen LogP contribution in [0, 0.1) is 5.92 Å². The first-order valence-corrected chi connectivity index (χ1v) is 10.3. The number of para-hydroxylation sites is 1. The van der Waals surface area contributed by atoms with Crippen molar-refractivity contribution in [3.63, 3.8) is 0 Å². The molecule has 1 aliphatic carbocycles. The minimum atomic E-state index is -2.19. The minimum absolute atomic E-state index is 0.0259. The van der Waals surface area contributed by atoms with Crippen molar-refractivity contribution in [2.45, 2.75) is 44.4 Å². The summed E-state index contributed by atoms with van der Waals surface area (Å²) in [5.41, 5.74) is -1.09. The smallest absolute Gasteiger partial charge is 0.329 e. The maximum absolute atomic E-state index is 13.5. The predicted octanol–water partition coefficient (Wildman–Crippen LogP) is 3.59. The Morgan fingerprint density at radius 3 is 2.63 bits per heavy atom. The lowest BCUT2D eigenvalue weighted by atomic mass is 9.86. The molecule has 1 aliphatic heterocycles. The normalized spacial score (nSPS) is 25.8. The van der Waals surface area contributed by atoms with Gasteiger partial charge in [0.05, 0.1) is 18.5 Å². The molecule has 3 amide bonds. The Bertz CT molecular complexity index is 955. The number of hydrogen-bond donors (Lipinski definition) is 3. The number of hydrogen-bond acceptors (Lipinski definition) is 4. The molecule has 7 heteroatoms. The predicted molar refractivity (Wildman–Crippen MR) is 114 cm³/mol. The Balaban J connectivity index is 1.76. The summed E-state index contributed by atoms with van der Waals surface area (Å²) in [7, 11) is 1.52. The first-order valence-electron chi connectivity index (χ1n) is 10.3. The highest BCUT2D eigenvalue weighted by Crippen LogP contribution is 2.40. The monoisotopic (exact) mass is 409 g/mol. The highest BCUT2D eigenvalue weighted by molar-refractivity contribution is 6.11. The number of carbonyl (C=O) groups excluding carboxylic acids is 2. The molecule has 0 aromatic heterocycles. The van der Waals surface area contributed by atoms with Gasteiger partial charge in [0, 0.05) is 17.7 Å². The summed E-state index contributed by atoms with van der Waals surface area (Å²) in [4.78, 5) is 27.6. The molecular weight excluding hydrogens is 382 g/mol. The van der Waals surface area contributed by atoms with Gasteiger partial charge >= 0.3 is 6.03 Å². The molecule has 2 aromatic carbocycles. The first kappa shape index (κ1) is 20.2. The lowest BCUT2D eigenvalue weighted by Crippen LogP contribution is -2.63. The van der Waals surface area contributed by atoms with E-state index in [0.29, 0.717) is 28.6 Å². The number of benzene rings is 2. The number of fused-ring (bicyclic) bond motifs is 1. The Kier molecular flexibility index (Phi) is 5.39. The molecule has 2 aromatic rings. The maximum Gasteiger partial charge on any atom is 0.329 e. The highest BCUT2D eigenvalue weighted by atomic mass is 16.5. The van der Waals surface area contributed by atoms with Gasteiger partial charge in [-0.15, -0.1) is 0 Å². The molecule has 4 rings (SSSR count). The quantitative estimate of drug-likeness (QED) is 0.720. The lowest BCUT2D eigenvalue weighted by Gasteiger charge is -2.43. The van der Waals surface area contributed by atoms with E-state index in [9.17, 15) is 14.7 Å². The summed E-state index contributed by atoms with van der Waals surface area (Å²) in [6.07, 6.45) is 3.77. The van der Waals surface area contributed by atoms with E-state index < -0.39 is 17.7 Å². The fourth-order valence-electron chi connectivity index (χ4n) is 4.30. The average Bonchev–Trinajstić information content (AvgIpc) is 2.75. The molecule has 7 nitrogen and oxygen atoms in total. The number of aliphatic hydroxyl groups is 1. The van der Waals surface area contributed by atoms with Gasteiger partial charge in [0.15, 0.2) is 0 Å². The van der Waals surface area contributed by atoms with Crippen molar-refractivity contribution in [1.29, 1.82) is 0 Å². The SMILES string of the molecule is COc1cccc(N2C(=O)Nc3ccccc3[C@]2(O)C(=O)NC2CCC(C)CC2)c1. The zero-order chi connectivity index (χ0) is 21.3. The Morgan fingerprint density at radius 1 is 1.17 bits per heavy atom. The molecule has 30 heavy (non-hydrogen) atoms. The zero-order valence-electron chi connectivity index (χ0n) is 17.2. The number of methoxy groups -OCH3 is 1. The molecule has 1 atom stereocenters. The molecule has 0 saturated heterocycles. The van der Waals surface area contributed by atoms with Gasteiger partial charge in [0.2, 0.25) is 0 Å². The Morgan fingerprint density at radius 2 is 1.90 bits per heavy atom. The summed E-state index contributed by atoms with van der Waals surface area (Å²) in [5.74, 6) is 0.547. The molecule has 0 bridgehead atoms. The number of nitrogens with one attached hydrogen (secondary N) is 2. The third-order valence-electron chi connectivity index (χ3n) is 6.05. The summed E-state index contributed by atoms with van der Waals surface area (Å²) in [6.45, 7) is 2.21. The van der Waals surface area contributed by atoms with Crippen molar-refractivity contribution in [2.75, 3.05) is 17.3 Å². The fourth-order valence-corrected chi connectivity index (χ4v) is 4.30. The third-order valence-corrected chi connectivity index (χ3v) is 6.05. The highest BCUT2D eigenvalue weighted by Gasteiger charge is 2.52. The second-order valence-corrected chi connectivity index (χ2v) is 8.12. The van der Waals surface area contributed by atoms with E-state index >= 15 is 0 Å². The lowest BCUT2D eigenvalue weighted by molar-refractivity contribution is -0.141. The molecule has 2 aliphatic rings. The van der Waals surface area contributed by atoms with E-state index in [1.165, 1.54) is 7.11 Å². The summed E-state index contributed by atoms with van der Waals surface area (Å²) < 4.78 is 5.27. The van der Waals surface area contributed by atoms with Crippen LogP contribution in [0.1, 0.15) is 38.2 Å². The van der Waals surface area contributed by atoms with Gasteiger partial charge in [-0.1, -0.05) is 31.2 Å². The molecule has 158 valence electrons. The second kappa shape index (κ2) is 7.99. The van der Waals surface area contributed by atoms with Gasteiger partial charge in [-0.25, -0.2) is 4.79 Å². The summed E-state index contributed by atoms with van der Waals surface area (Å²) in [6, 6.07) is 12.9. The van der Waals surface area contributed by atoms with E-state index in [2.05, 4.69) is 17.6 Å². The minimum Gasteiger partial charge on any atom is -0.497 e. The van der Waals surface area contributed by atoms with E-state index in [1.807, 2.05) is 0 Å². The molecule has 1 saturated carbocycles. The second-order valence-electron chi connectivity index (χ2n) is 8.12. The van der Waals surface area contributed by atoms with E-state index in [4.69, 9.17) is 4.74 Å². The van der Waals surface area contributed by atoms with Crippen LogP contribution in [0.25, 0.3) is 0 Å². The Labute approximate surface area is 176 Å². The molecular formula is C23H27N3O4. The van der Waals surface area contributed by atoms with Crippen LogP contribution in [0.2, 0.25) is 0 Å². The molecule has 0 unspecified atom stereocenters. The topological polar surface area (TPSA) is 90.9 Å². The molecule has 0 spiro atoms. The summed E-state index contributed by atoms with van der Waals surface area (Å²) in [5, 5.41) is 17.6. The van der Waals surface area contributed by atoms with Gasteiger partial charge < -0.3 is 20.5 Å². The van der Waals surface area contributed by atoms with Crippen molar-refractivity contribution in [1.82, 2.24) is 5.32 Å². The number of ether oxygens (including phenoxy) is 1. The van der Waals surface area contributed by atoms with Crippen molar-refractivity contribution in [3.8, 4) is 5.75 Å². The van der Waals surface area contributed by atoms with Crippen LogP contribution < -0.4 is 20.3 Å². The van der Waals surface area contributed by atoms with Crippen molar-refractivity contribution < 1.29 is 19.4 Å². The van der Waals surface area contributed by atoms with Gasteiger partial charge in [0.1, 0.15) is 5.75 Å². The number of nitrogens with zero attached hydrogens (tertiary/aromatic N) is 1. The third kappa shape index (κ3) is 3.50. The maximum atomic E-state index is 13.5.